The van der Waals surface area contributed by atoms with Crippen LogP contribution in [0.15, 0.2) is 53.1 Å². The third-order valence-electron chi connectivity index (χ3n) is 7.55. The summed E-state index contributed by atoms with van der Waals surface area (Å²) >= 11 is 0. The molecule has 222 valence electrons. The molecule has 1 saturated carbocycles. The first kappa shape index (κ1) is 29.2. The van der Waals surface area contributed by atoms with Crippen molar-refractivity contribution in [1.29, 1.82) is 0 Å². The van der Waals surface area contributed by atoms with Gasteiger partial charge in [-0.3, -0.25) is 9.78 Å². The van der Waals surface area contributed by atoms with E-state index in [-0.39, 0.29) is 29.7 Å². The average molecular weight is 585 g/mol. The van der Waals surface area contributed by atoms with Crippen LogP contribution in [0, 0.1) is 5.92 Å². The Morgan fingerprint density at radius 3 is 2.33 bits per heavy atom. The van der Waals surface area contributed by atoms with Gasteiger partial charge in [-0.25, -0.2) is 0 Å². The summed E-state index contributed by atoms with van der Waals surface area (Å²) in [6.45, 7) is 0. The second kappa shape index (κ2) is 11.9. The highest BCUT2D eigenvalue weighted by molar-refractivity contribution is 6.00. The number of hydrogen-bond acceptors (Lipinski definition) is 8. The Kier molecular flexibility index (Phi) is 8.31. The number of halogens is 3. The molecule has 0 aliphatic heterocycles. The van der Waals surface area contributed by atoms with E-state index in [0.29, 0.717) is 50.8 Å². The molecule has 2 heterocycles. The number of benzene rings is 2. The zero-order valence-corrected chi connectivity index (χ0v) is 23.4. The molecule has 4 aromatic rings. The summed E-state index contributed by atoms with van der Waals surface area (Å²) in [6.07, 6.45) is 0.324. The fraction of sp³-hybridized carbons (Fsp3) is 0.355. The molecule has 0 bridgehead atoms. The number of Topliss-reactive ketones (excluding diaryl/α,β-unsaturated/α-hetero) is 1. The molecular formula is C31H31F3N2O6. The Labute approximate surface area is 240 Å². The molecular weight excluding hydrogens is 553 g/mol. The normalized spacial score (nSPS) is 17.2. The van der Waals surface area contributed by atoms with Gasteiger partial charge in [0.25, 0.3) is 0 Å². The number of methoxy groups -OCH3 is 3. The Hall–Kier alpha value is -4.25. The number of pyridine rings is 1. The summed E-state index contributed by atoms with van der Waals surface area (Å²) in [7, 11) is 4.49. The third kappa shape index (κ3) is 6.15. The van der Waals surface area contributed by atoms with Crippen molar-refractivity contribution < 1.29 is 41.3 Å². The molecule has 42 heavy (non-hydrogen) atoms. The van der Waals surface area contributed by atoms with Crippen molar-refractivity contribution in [3.8, 4) is 45.4 Å². The first-order valence-corrected chi connectivity index (χ1v) is 13.5. The molecule has 1 aliphatic rings. The lowest BCUT2D eigenvalue weighted by atomic mass is 9.81. The number of ether oxygens (including phenoxy) is 4. The molecule has 0 amide bonds. The minimum atomic E-state index is -4.94. The van der Waals surface area contributed by atoms with Crippen molar-refractivity contribution in [1.82, 2.24) is 4.98 Å². The SMILES string of the molecule is COc1cc(-c2cc3nccc(-c4cc(OC(F)(F)F)cc(C(=O)C[C@@H]5CCCC[C@@H]5N)c4)c3o2)cc(OC)c1OC. The summed E-state index contributed by atoms with van der Waals surface area (Å²) in [5, 5.41) is 0. The van der Waals surface area contributed by atoms with Crippen molar-refractivity contribution in [2.45, 2.75) is 44.5 Å². The second-order valence-electron chi connectivity index (χ2n) is 10.2. The largest absolute Gasteiger partial charge is 0.573 e. The van der Waals surface area contributed by atoms with Gasteiger partial charge in [-0.1, -0.05) is 12.8 Å². The van der Waals surface area contributed by atoms with Gasteiger partial charge >= 0.3 is 6.36 Å². The predicted molar refractivity (Wildman–Crippen MR) is 150 cm³/mol. The van der Waals surface area contributed by atoms with E-state index in [2.05, 4.69) is 9.72 Å². The molecule has 2 aromatic carbocycles. The number of fused-ring (bicyclic) bond motifs is 1. The van der Waals surface area contributed by atoms with E-state index in [1.165, 1.54) is 33.6 Å². The minimum absolute atomic E-state index is 0.0272. The quantitative estimate of drug-likeness (QED) is 0.206. The number of hydrogen-bond donors (Lipinski definition) is 1. The van der Waals surface area contributed by atoms with Crippen molar-refractivity contribution in [2.24, 2.45) is 11.7 Å². The van der Waals surface area contributed by atoms with Gasteiger partial charge < -0.3 is 29.1 Å². The monoisotopic (exact) mass is 584 g/mol. The van der Waals surface area contributed by atoms with E-state index in [4.69, 9.17) is 24.4 Å². The summed E-state index contributed by atoms with van der Waals surface area (Å²) in [5.74, 6) is 0.824. The Morgan fingerprint density at radius 2 is 1.69 bits per heavy atom. The van der Waals surface area contributed by atoms with Crippen LogP contribution in [0.5, 0.6) is 23.0 Å². The number of rotatable bonds is 9. The zero-order valence-electron chi connectivity index (χ0n) is 23.4. The molecule has 1 fully saturated rings. The van der Waals surface area contributed by atoms with Crippen molar-refractivity contribution in [2.75, 3.05) is 21.3 Å². The Balaban J connectivity index is 1.58. The molecule has 11 heteroatoms. The minimum Gasteiger partial charge on any atom is -0.493 e. The molecule has 8 nitrogen and oxygen atoms in total. The third-order valence-corrected chi connectivity index (χ3v) is 7.55. The predicted octanol–water partition coefficient (Wildman–Crippen LogP) is 7.18. The number of carbonyl (C=O) groups excluding carboxylic acids is 1. The second-order valence-corrected chi connectivity index (χ2v) is 10.2. The van der Waals surface area contributed by atoms with Crippen LogP contribution in [0.2, 0.25) is 0 Å². The van der Waals surface area contributed by atoms with Gasteiger partial charge in [0.1, 0.15) is 17.0 Å². The average Bonchev–Trinajstić information content (AvgIpc) is 3.41. The number of alkyl halides is 3. The maximum atomic E-state index is 13.3. The highest BCUT2D eigenvalue weighted by atomic mass is 19.4. The van der Waals surface area contributed by atoms with Crippen LogP contribution >= 0.6 is 0 Å². The first-order valence-electron chi connectivity index (χ1n) is 13.5. The summed E-state index contributed by atoms with van der Waals surface area (Å²) in [6, 6.07) is 10.5. The lowest BCUT2D eigenvalue weighted by molar-refractivity contribution is -0.274. The van der Waals surface area contributed by atoms with E-state index in [0.717, 1.165) is 31.7 Å². The molecule has 2 atom stereocenters. The maximum Gasteiger partial charge on any atom is 0.573 e. The smallest absolute Gasteiger partial charge is 0.493 e. The van der Waals surface area contributed by atoms with Crippen LogP contribution in [0.1, 0.15) is 42.5 Å². The van der Waals surface area contributed by atoms with Crippen molar-refractivity contribution >= 4 is 16.9 Å². The lowest BCUT2D eigenvalue weighted by Gasteiger charge is -2.28. The Bertz CT molecular complexity index is 1570. The van der Waals surface area contributed by atoms with Crippen molar-refractivity contribution in [3.63, 3.8) is 0 Å². The zero-order chi connectivity index (χ0) is 30.0. The molecule has 1 aliphatic carbocycles. The number of furan rings is 1. The number of nitrogens with two attached hydrogens (primary N) is 1. The van der Waals surface area contributed by atoms with Crippen LogP contribution in [-0.4, -0.2) is 44.5 Å². The fourth-order valence-electron chi connectivity index (χ4n) is 5.48. The van der Waals surface area contributed by atoms with Gasteiger partial charge in [0.2, 0.25) is 5.75 Å². The summed E-state index contributed by atoms with van der Waals surface area (Å²) in [5.41, 5.74) is 8.47. The number of carbonyl (C=O) groups is 1. The van der Waals surface area contributed by atoms with Gasteiger partial charge in [-0.05, 0) is 60.7 Å². The molecule has 0 unspecified atom stereocenters. The number of ketones is 1. The van der Waals surface area contributed by atoms with Crippen LogP contribution in [0.25, 0.3) is 33.6 Å². The topological polar surface area (TPSA) is 106 Å². The fourth-order valence-corrected chi connectivity index (χ4v) is 5.48. The molecule has 0 saturated heterocycles. The van der Waals surface area contributed by atoms with E-state index >= 15 is 0 Å². The van der Waals surface area contributed by atoms with Gasteiger partial charge in [-0.15, -0.1) is 13.2 Å². The molecule has 5 rings (SSSR count). The summed E-state index contributed by atoms with van der Waals surface area (Å²) < 4.78 is 66.6. The molecule has 0 radical (unpaired) electrons. The van der Waals surface area contributed by atoms with Gasteiger partial charge in [0.05, 0.1) is 21.3 Å². The molecule has 0 spiro atoms. The van der Waals surface area contributed by atoms with Crippen molar-refractivity contribution in [3.05, 3.63) is 54.2 Å². The highest BCUT2D eigenvalue weighted by Gasteiger charge is 2.32. The van der Waals surface area contributed by atoms with Gasteiger partial charge in [-0.2, -0.15) is 0 Å². The highest BCUT2D eigenvalue weighted by Crippen LogP contribution is 2.43. The van der Waals surface area contributed by atoms with Crippen LogP contribution in [0.4, 0.5) is 13.2 Å². The van der Waals surface area contributed by atoms with Crippen LogP contribution in [0.3, 0.4) is 0 Å². The van der Waals surface area contributed by atoms with Crippen LogP contribution in [-0.2, 0) is 0 Å². The van der Waals surface area contributed by atoms with E-state index in [1.807, 2.05) is 0 Å². The standard InChI is InChI=1S/C31H31F3N2O6/c1-38-27-14-20(15-28(39-2)30(27)40-3)26-16-24-29(41-26)22(8-9-36-24)18-10-19(12-21(11-18)42-31(32,33)34)25(37)13-17-6-4-5-7-23(17)35/h8-12,14-17,23H,4-7,13,35H2,1-3H3/t17-,23-/m0/s1. The molecule has 2 aromatic heterocycles. The van der Waals surface area contributed by atoms with Gasteiger partial charge in [0.15, 0.2) is 22.9 Å². The van der Waals surface area contributed by atoms with Crippen LogP contribution < -0.4 is 24.7 Å². The van der Waals surface area contributed by atoms with Gasteiger partial charge in [0, 0.05) is 41.4 Å². The van der Waals surface area contributed by atoms with E-state index < -0.39 is 12.1 Å². The van der Waals surface area contributed by atoms with E-state index in [1.54, 1.807) is 30.3 Å². The maximum absolute atomic E-state index is 13.3. The molecule has 2 N–H and O–H groups in total. The Morgan fingerprint density at radius 1 is 0.976 bits per heavy atom. The van der Waals surface area contributed by atoms with E-state index in [9.17, 15) is 18.0 Å². The summed E-state index contributed by atoms with van der Waals surface area (Å²) in [4.78, 5) is 17.7. The lowest BCUT2D eigenvalue weighted by Crippen LogP contribution is -2.34. The number of nitrogens with zero attached hydrogens (tertiary/aromatic N) is 1. The first-order chi connectivity index (χ1) is 20.1. The number of aromatic nitrogens is 1.